The molecule has 0 saturated carbocycles. The zero-order chi connectivity index (χ0) is 18.9. The monoisotopic (exact) mass is 386 g/mol. The van der Waals surface area contributed by atoms with E-state index in [4.69, 9.17) is 0 Å². The van der Waals surface area contributed by atoms with Crippen molar-refractivity contribution in [1.82, 2.24) is 0 Å². The largest absolute Gasteiger partial charge is 0.500 e. The minimum absolute atomic E-state index is 0.410. The van der Waals surface area contributed by atoms with Crippen molar-refractivity contribution in [1.29, 1.82) is 0 Å². The Bertz CT molecular complexity index is 793. The fraction of sp³-hybridized carbons (Fsp3) is 0.143. The van der Waals surface area contributed by atoms with Gasteiger partial charge in [0.1, 0.15) is 11.5 Å². The first kappa shape index (κ1) is 18.9. The minimum Gasteiger partial charge on any atom is -0.353 e. The van der Waals surface area contributed by atoms with Crippen molar-refractivity contribution >= 4 is 10.4 Å². The molecule has 0 spiro atoms. The Kier molecular flexibility index (Phi) is 4.89. The van der Waals surface area contributed by atoms with Crippen LogP contribution < -0.4 is 8.37 Å². The summed E-state index contributed by atoms with van der Waals surface area (Å²) < 4.78 is 107. The predicted octanol–water partition coefficient (Wildman–Crippen LogP) is 4.43. The van der Waals surface area contributed by atoms with Crippen LogP contribution in [0.4, 0.5) is 26.3 Å². The second kappa shape index (κ2) is 6.47. The van der Waals surface area contributed by atoms with Crippen LogP contribution in [-0.2, 0) is 22.8 Å². The molecule has 0 bridgehead atoms. The third-order valence-electron chi connectivity index (χ3n) is 2.72. The summed E-state index contributed by atoms with van der Waals surface area (Å²) in [5.41, 5.74) is -2.33. The number of halogens is 6. The molecule has 2 aromatic carbocycles. The van der Waals surface area contributed by atoms with Gasteiger partial charge >= 0.3 is 22.8 Å². The van der Waals surface area contributed by atoms with E-state index in [1.54, 1.807) is 0 Å². The van der Waals surface area contributed by atoms with E-state index < -0.39 is 45.4 Å². The van der Waals surface area contributed by atoms with Gasteiger partial charge in [-0.2, -0.15) is 26.3 Å². The summed E-state index contributed by atoms with van der Waals surface area (Å²) in [6.45, 7) is 0. The molecule has 0 fully saturated rings. The van der Waals surface area contributed by atoms with E-state index >= 15 is 0 Å². The summed E-state index contributed by atoms with van der Waals surface area (Å²) in [6, 6.07) is 5.83. The maximum atomic E-state index is 12.6. The molecule has 0 radical (unpaired) electrons. The second-order valence-corrected chi connectivity index (χ2v) is 5.78. The fourth-order valence-electron chi connectivity index (χ4n) is 1.70. The molecule has 0 aromatic heterocycles. The van der Waals surface area contributed by atoms with Gasteiger partial charge in [-0.15, -0.1) is 8.42 Å². The van der Waals surface area contributed by atoms with Gasteiger partial charge in [0.05, 0.1) is 11.1 Å². The number of rotatable bonds is 4. The van der Waals surface area contributed by atoms with E-state index in [0.717, 1.165) is 24.3 Å². The minimum atomic E-state index is -4.95. The van der Waals surface area contributed by atoms with Crippen LogP contribution in [-0.4, -0.2) is 8.42 Å². The van der Waals surface area contributed by atoms with E-state index in [-0.39, 0.29) is 0 Å². The Morgan fingerprint density at radius 3 is 1.36 bits per heavy atom. The van der Waals surface area contributed by atoms with Gasteiger partial charge in [0.25, 0.3) is 0 Å². The van der Waals surface area contributed by atoms with Gasteiger partial charge < -0.3 is 8.37 Å². The highest BCUT2D eigenvalue weighted by Crippen LogP contribution is 2.33. The number of hydrogen-bond acceptors (Lipinski definition) is 4. The van der Waals surface area contributed by atoms with Gasteiger partial charge in [0.15, 0.2) is 0 Å². The molecule has 0 saturated heterocycles. The van der Waals surface area contributed by atoms with Crippen LogP contribution in [0.15, 0.2) is 48.5 Å². The third kappa shape index (κ3) is 5.28. The molecular formula is C14H8F6O4S. The molecule has 0 aliphatic rings. The standard InChI is InChI=1S/C14H8F6O4S/c15-13(16,17)9-3-1-5-11(7-9)23-25(21,22)24-12-6-2-4-10(8-12)14(18,19)20/h1-8H. The molecule has 0 atom stereocenters. The Labute approximate surface area is 137 Å². The molecule has 0 aliphatic heterocycles. The Hall–Kier alpha value is -2.43. The molecule has 0 aliphatic carbocycles. The number of hydrogen-bond donors (Lipinski definition) is 0. The second-order valence-electron chi connectivity index (χ2n) is 4.63. The Balaban J connectivity index is 2.21. The van der Waals surface area contributed by atoms with Gasteiger partial charge in [-0.1, -0.05) is 12.1 Å². The number of benzene rings is 2. The summed E-state index contributed by atoms with van der Waals surface area (Å²) in [6.07, 6.45) is -9.46. The average Bonchev–Trinajstić information content (AvgIpc) is 2.45. The van der Waals surface area contributed by atoms with E-state index in [2.05, 4.69) is 8.37 Å². The lowest BCUT2D eigenvalue weighted by molar-refractivity contribution is -0.138. The van der Waals surface area contributed by atoms with Crippen molar-refractivity contribution in [3.8, 4) is 11.5 Å². The van der Waals surface area contributed by atoms with Crippen LogP contribution in [0, 0.1) is 0 Å². The van der Waals surface area contributed by atoms with Gasteiger partial charge in [0, 0.05) is 0 Å². The van der Waals surface area contributed by atoms with Crippen molar-refractivity contribution in [2.45, 2.75) is 12.4 Å². The molecule has 0 amide bonds. The lowest BCUT2D eigenvalue weighted by Crippen LogP contribution is -2.17. The molecule has 2 rings (SSSR count). The maximum absolute atomic E-state index is 12.6. The predicted molar refractivity (Wildman–Crippen MR) is 73.1 cm³/mol. The first-order valence-electron chi connectivity index (χ1n) is 6.35. The van der Waals surface area contributed by atoms with Crippen molar-refractivity contribution in [2.24, 2.45) is 0 Å². The lowest BCUT2D eigenvalue weighted by Gasteiger charge is -2.11. The zero-order valence-electron chi connectivity index (χ0n) is 11.9. The van der Waals surface area contributed by atoms with Gasteiger partial charge in [-0.05, 0) is 36.4 Å². The molecule has 4 nitrogen and oxygen atoms in total. The highest BCUT2D eigenvalue weighted by atomic mass is 32.3. The topological polar surface area (TPSA) is 52.6 Å². The quantitative estimate of drug-likeness (QED) is 0.730. The van der Waals surface area contributed by atoms with Crippen molar-refractivity contribution < 1.29 is 43.1 Å². The summed E-state index contributed by atoms with van der Waals surface area (Å²) in [4.78, 5) is 0. The van der Waals surface area contributed by atoms with Crippen LogP contribution in [0.2, 0.25) is 0 Å². The molecule has 11 heteroatoms. The summed E-state index contributed by atoms with van der Waals surface area (Å²) in [5, 5.41) is 0. The molecule has 0 N–H and O–H groups in total. The summed E-state index contributed by atoms with van der Waals surface area (Å²) in [7, 11) is -4.95. The van der Waals surface area contributed by atoms with E-state index in [9.17, 15) is 34.8 Å². The first-order chi connectivity index (χ1) is 11.4. The summed E-state index contributed by atoms with van der Waals surface area (Å²) in [5.74, 6) is -1.41. The molecular weight excluding hydrogens is 378 g/mol. The van der Waals surface area contributed by atoms with Crippen LogP contribution in [0.1, 0.15) is 11.1 Å². The Morgan fingerprint density at radius 2 is 1.04 bits per heavy atom. The normalized spacial score (nSPS) is 12.7. The van der Waals surface area contributed by atoms with Gasteiger partial charge in [-0.25, -0.2) is 0 Å². The van der Waals surface area contributed by atoms with Crippen molar-refractivity contribution in [3.63, 3.8) is 0 Å². The number of alkyl halides is 6. The Morgan fingerprint density at radius 1 is 0.680 bits per heavy atom. The molecule has 136 valence electrons. The zero-order valence-corrected chi connectivity index (χ0v) is 12.7. The molecule has 0 heterocycles. The SMILES string of the molecule is O=S(=O)(Oc1cccc(C(F)(F)F)c1)Oc1cccc(C(F)(F)F)c1. The highest BCUT2D eigenvalue weighted by molar-refractivity contribution is 7.82. The van der Waals surface area contributed by atoms with E-state index in [0.29, 0.717) is 24.3 Å². The third-order valence-corrected chi connectivity index (χ3v) is 3.51. The molecule has 25 heavy (non-hydrogen) atoms. The molecule has 2 aromatic rings. The van der Waals surface area contributed by atoms with Crippen molar-refractivity contribution in [2.75, 3.05) is 0 Å². The van der Waals surface area contributed by atoms with Gasteiger partial charge in [0.2, 0.25) is 0 Å². The summed E-state index contributed by atoms with van der Waals surface area (Å²) >= 11 is 0. The fourth-order valence-corrected chi connectivity index (χ4v) is 2.41. The average molecular weight is 386 g/mol. The maximum Gasteiger partial charge on any atom is 0.500 e. The van der Waals surface area contributed by atoms with Gasteiger partial charge in [-0.3, -0.25) is 0 Å². The van der Waals surface area contributed by atoms with Crippen LogP contribution in [0.5, 0.6) is 11.5 Å². The van der Waals surface area contributed by atoms with E-state index in [1.807, 2.05) is 0 Å². The highest BCUT2D eigenvalue weighted by Gasteiger charge is 2.32. The van der Waals surface area contributed by atoms with Crippen LogP contribution in [0.25, 0.3) is 0 Å². The smallest absolute Gasteiger partial charge is 0.353 e. The van der Waals surface area contributed by atoms with Crippen LogP contribution in [0.3, 0.4) is 0 Å². The first-order valence-corrected chi connectivity index (χ1v) is 7.68. The van der Waals surface area contributed by atoms with Crippen molar-refractivity contribution in [3.05, 3.63) is 59.7 Å². The lowest BCUT2D eigenvalue weighted by atomic mass is 10.2. The van der Waals surface area contributed by atoms with E-state index in [1.165, 1.54) is 0 Å². The van der Waals surface area contributed by atoms with Crippen LogP contribution >= 0.6 is 0 Å². The molecule has 0 unspecified atom stereocenters.